The molecule has 3 N–H and O–H groups in total. The molecule has 0 saturated heterocycles. The van der Waals surface area contributed by atoms with Crippen LogP contribution in [-0.4, -0.2) is 27.8 Å². The molecule has 102 valence electrons. The normalized spacial score (nSPS) is 14.3. The Morgan fingerprint density at radius 3 is 2.67 bits per heavy atom. The minimum atomic E-state index is -0.0720. The average molecular weight is 252 g/mol. The molecular formula is C13H24N4O. The number of hydrogen-bond donors (Lipinski definition) is 2. The quantitative estimate of drug-likeness (QED) is 0.802. The number of carbonyl (C=O) groups is 1. The van der Waals surface area contributed by atoms with Gasteiger partial charge in [0.05, 0.1) is 5.69 Å². The van der Waals surface area contributed by atoms with Gasteiger partial charge in [0, 0.05) is 18.6 Å². The number of amides is 1. The molecule has 1 heterocycles. The molecule has 0 saturated carbocycles. The number of rotatable bonds is 6. The van der Waals surface area contributed by atoms with Crippen LogP contribution in [0.4, 0.5) is 0 Å². The van der Waals surface area contributed by atoms with Crippen molar-refractivity contribution < 1.29 is 4.79 Å². The molecule has 5 nitrogen and oxygen atoms in total. The highest BCUT2D eigenvalue weighted by Gasteiger charge is 2.16. The van der Waals surface area contributed by atoms with E-state index < -0.39 is 0 Å². The van der Waals surface area contributed by atoms with Crippen molar-refractivity contribution >= 4 is 5.91 Å². The number of hydrogen-bond acceptors (Lipinski definition) is 3. The molecule has 1 aromatic rings. The summed E-state index contributed by atoms with van der Waals surface area (Å²) in [7, 11) is 0. The van der Waals surface area contributed by atoms with E-state index in [4.69, 9.17) is 5.73 Å². The molecular weight excluding hydrogens is 228 g/mol. The lowest BCUT2D eigenvalue weighted by Gasteiger charge is -2.16. The monoisotopic (exact) mass is 252 g/mol. The summed E-state index contributed by atoms with van der Waals surface area (Å²) >= 11 is 0. The molecule has 0 aromatic carbocycles. The van der Waals surface area contributed by atoms with Gasteiger partial charge in [-0.2, -0.15) is 5.10 Å². The Labute approximate surface area is 109 Å². The van der Waals surface area contributed by atoms with E-state index in [0.29, 0.717) is 12.2 Å². The first kappa shape index (κ1) is 14.7. The molecule has 1 amide bonds. The van der Waals surface area contributed by atoms with E-state index in [-0.39, 0.29) is 18.0 Å². The molecule has 2 unspecified atom stereocenters. The van der Waals surface area contributed by atoms with Gasteiger partial charge in [0.2, 0.25) is 0 Å². The fraction of sp³-hybridized carbons (Fsp3) is 0.692. The van der Waals surface area contributed by atoms with E-state index in [1.165, 1.54) is 0 Å². The molecule has 0 aliphatic rings. The van der Waals surface area contributed by atoms with Gasteiger partial charge in [0.1, 0.15) is 5.69 Å². The molecule has 0 spiro atoms. The summed E-state index contributed by atoms with van der Waals surface area (Å²) in [5.74, 6) is -0.0720. The smallest absolute Gasteiger partial charge is 0.269 e. The van der Waals surface area contributed by atoms with Crippen LogP contribution < -0.4 is 11.1 Å². The van der Waals surface area contributed by atoms with E-state index in [1.54, 1.807) is 4.68 Å². The van der Waals surface area contributed by atoms with Crippen LogP contribution >= 0.6 is 0 Å². The Morgan fingerprint density at radius 1 is 1.50 bits per heavy atom. The summed E-state index contributed by atoms with van der Waals surface area (Å²) < 4.78 is 1.74. The first-order valence-electron chi connectivity index (χ1n) is 6.61. The van der Waals surface area contributed by atoms with E-state index in [2.05, 4.69) is 10.4 Å². The Hall–Kier alpha value is -1.36. The van der Waals surface area contributed by atoms with Gasteiger partial charge in [0.25, 0.3) is 5.91 Å². The third-order valence-corrected chi connectivity index (χ3v) is 2.83. The Morgan fingerprint density at radius 2 is 2.17 bits per heavy atom. The van der Waals surface area contributed by atoms with Crippen LogP contribution in [0.2, 0.25) is 0 Å². The molecule has 0 bridgehead atoms. The molecule has 0 radical (unpaired) electrons. The van der Waals surface area contributed by atoms with Crippen LogP contribution in [0.3, 0.4) is 0 Å². The van der Waals surface area contributed by atoms with Gasteiger partial charge in [-0.25, -0.2) is 0 Å². The third-order valence-electron chi connectivity index (χ3n) is 2.83. The maximum atomic E-state index is 12.1. The van der Waals surface area contributed by atoms with Gasteiger partial charge in [-0.1, -0.05) is 6.92 Å². The Kier molecular flexibility index (Phi) is 5.34. The van der Waals surface area contributed by atoms with Crippen molar-refractivity contribution in [1.82, 2.24) is 15.1 Å². The minimum absolute atomic E-state index is 0.0720. The zero-order chi connectivity index (χ0) is 13.7. The van der Waals surface area contributed by atoms with Gasteiger partial charge in [-0.3, -0.25) is 9.48 Å². The topological polar surface area (TPSA) is 72.9 Å². The minimum Gasteiger partial charge on any atom is -0.348 e. The van der Waals surface area contributed by atoms with Crippen molar-refractivity contribution in [1.29, 1.82) is 0 Å². The van der Waals surface area contributed by atoms with E-state index in [0.717, 1.165) is 18.5 Å². The predicted octanol–water partition coefficient (Wildman–Crippen LogP) is 1.32. The molecule has 0 aliphatic carbocycles. The van der Waals surface area contributed by atoms with Crippen LogP contribution in [0, 0.1) is 0 Å². The van der Waals surface area contributed by atoms with E-state index in [1.807, 2.05) is 33.8 Å². The summed E-state index contributed by atoms with van der Waals surface area (Å²) in [5.41, 5.74) is 7.30. The second kappa shape index (κ2) is 6.54. The Bertz CT molecular complexity index is 398. The number of nitrogens with two attached hydrogens (primary N) is 1. The fourth-order valence-corrected chi connectivity index (χ4v) is 1.98. The van der Waals surface area contributed by atoms with Crippen LogP contribution in [0.15, 0.2) is 6.07 Å². The first-order chi connectivity index (χ1) is 8.47. The number of aryl methyl sites for hydroxylation is 2. The van der Waals surface area contributed by atoms with Crippen molar-refractivity contribution in [3.05, 3.63) is 17.5 Å². The standard InChI is InChI=1S/C13H24N4O/c1-5-11-8-12(17(6-2)16-11)13(18)15-10(4)7-9(3)14/h8-10H,5-7,14H2,1-4H3,(H,15,18). The van der Waals surface area contributed by atoms with Crippen LogP contribution in [0.1, 0.15) is 50.3 Å². The summed E-state index contributed by atoms with van der Waals surface area (Å²) in [6.45, 7) is 8.62. The number of carbonyl (C=O) groups excluding carboxylic acids is 1. The summed E-state index contributed by atoms with van der Waals surface area (Å²) in [4.78, 5) is 12.1. The molecule has 0 aliphatic heterocycles. The molecule has 5 heteroatoms. The second-order valence-electron chi connectivity index (χ2n) is 4.78. The maximum Gasteiger partial charge on any atom is 0.269 e. The summed E-state index contributed by atoms with van der Waals surface area (Å²) in [5, 5.41) is 7.33. The van der Waals surface area contributed by atoms with Gasteiger partial charge in [0.15, 0.2) is 0 Å². The number of nitrogens with zero attached hydrogens (tertiary/aromatic N) is 2. The molecule has 1 rings (SSSR count). The molecule has 2 atom stereocenters. The van der Waals surface area contributed by atoms with Crippen molar-refractivity contribution in [2.45, 2.75) is 59.2 Å². The highest BCUT2D eigenvalue weighted by molar-refractivity contribution is 5.92. The zero-order valence-electron chi connectivity index (χ0n) is 11.7. The summed E-state index contributed by atoms with van der Waals surface area (Å²) in [6, 6.07) is 2.02. The third kappa shape index (κ3) is 3.84. The lowest BCUT2D eigenvalue weighted by atomic mass is 10.1. The molecule has 0 fully saturated rings. The van der Waals surface area contributed by atoms with Crippen molar-refractivity contribution in [2.75, 3.05) is 0 Å². The molecule has 1 aromatic heterocycles. The fourth-order valence-electron chi connectivity index (χ4n) is 1.98. The maximum absolute atomic E-state index is 12.1. The first-order valence-corrected chi connectivity index (χ1v) is 6.61. The second-order valence-corrected chi connectivity index (χ2v) is 4.78. The SMILES string of the molecule is CCc1cc(C(=O)NC(C)CC(C)N)n(CC)n1. The van der Waals surface area contributed by atoms with Gasteiger partial charge in [-0.05, 0) is 39.7 Å². The van der Waals surface area contributed by atoms with E-state index >= 15 is 0 Å². The largest absolute Gasteiger partial charge is 0.348 e. The summed E-state index contributed by atoms with van der Waals surface area (Å²) in [6.07, 6.45) is 1.61. The van der Waals surface area contributed by atoms with Crippen LogP contribution in [-0.2, 0) is 13.0 Å². The lowest BCUT2D eigenvalue weighted by molar-refractivity contribution is 0.0927. The van der Waals surface area contributed by atoms with Crippen molar-refractivity contribution in [3.63, 3.8) is 0 Å². The Balaban J connectivity index is 2.74. The highest BCUT2D eigenvalue weighted by Crippen LogP contribution is 2.06. The van der Waals surface area contributed by atoms with Gasteiger partial charge < -0.3 is 11.1 Å². The predicted molar refractivity (Wildman–Crippen MR) is 72.5 cm³/mol. The average Bonchev–Trinajstić information content (AvgIpc) is 2.70. The van der Waals surface area contributed by atoms with Gasteiger partial charge in [-0.15, -0.1) is 0 Å². The van der Waals surface area contributed by atoms with Crippen molar-refractivity contribution in [2.24, 2.45) is 5.73 Å². The van der Waals surface area contributed by atoms with Crippen LogP contribution in [0.25, 0.3) is 0 Å². The number of nitrogens with one attached hydrogen (secondary N) is 1. The molecule has 18 heavy (non-hydrogen) atoms. The van der Waals surface area contributed by atoms with Gasteiger partial charge >= 0.3 is 0 Å². The van der Waals surface area contributed by atoms with E-state index in [9.17, 15) is 4.79 Å². The highest BCUT2D eigenvalue weighted by atomic mass is 16.2. The van der Waals surface area contributed by atoms with Crippen LogP contribution in [0.5, 0.6) is 0 Å². The number of aromatic nitrogens is 2. The van der Waals surface area contributed by atoms with Crippen molar-refractivity contribution in [3.8, 4) is 0 Å². The lowest BCUT2D eigenvalue weighted by Crippen LogP contribution is -2.37. The zero-order valence-corrected chi connectivity index (χ0v) is 11.7.